The van der Waals surface area contributed by atoms with Crippen molar-refractivity contribution in [3.8, 4) is 0 Å². The predicted octanol–water partition coefficient (Wildman–Crippen LogP) is 2.95. The largest absolute Gasteiger partial charge is 0.369 e. The molecule has 128 valence electrons. The maximum absolute atomic E-state index is 12.2. The molecule has 2 rings (SSSR count). The molecule has 0 saturated heterocycles. The van der Waals surface area contributed by atoms with Crippen LogP contribution in [0.4, 0.5) is 0 Å². The Bertz CT molecular complexity index is 323. The summed E-state index contributed by atoms with van der Waals surface area (Å²) >= 11 is 0. The molecule has 2 amide bonds. The van der Waals surface area contributed by atoms with Crippen molar-refractivity contribution in [2.45, 2.75) is 64.2 Å². The molecule has 2 fully saturated rings. The summed E-state index contributed by atoms with van der Waals surface area (Å²) in [5.74, 6) is -0.809. The first-order valence-corrected chi connectivity index (χ1v) is 7.70. The fourth-order valence-corrected chi connectivity index (χ4v) is 4.38. The van der Waals surface area contributed by atoms with Crippen LogP contribution in [0.1, 0.15) is 64.2 Å². The summed E-state index contributed by atoms with van der Waals surface area (Å²) in [7, 11) is 0. The van der Waals surface area contributed by atoms with Gasteiger partial charge < -0.3 is 11.5 Å². The van der Waals surface area contributed by atoms with Gasteiger partial charge in [-0.05, 0) is 37.5 Å². The summed E-state index contributed by atoms with van der Waals surface area (Å²) in [6.45, 7) is 0. The second-order valence-corrected chi connectivity index (χ2v) is 6.27. The summed E-state index contributed by atoms with van der Waals surface area (Å²) in [4.78, 5) is 24.4. The molecule has 0 aromatic carbocycles. The Labute approximate surface area is 160 Å². The molecule has 0 unspecified atom stereocenters. The molecule has 2 aliphatic rings. The fraction of sp³-hybridized carbons (Fsp3) is 0.867. The van der Waals surface area contributed by atoms with Crippen LogP contribution in [0.25, 0.3) is 0 Å². The van der Waals surface area contributed by atoms with Gasteiger partial charge >= 0.3 is 0 Å². The standard InChI is InChI=1S/C15H26N2O2.2ClH.Ti/c16-13(18)15(14(17)19,11-7-3-1-4-8-11)12-9-5-2-6-10-12;;;/h11-12H,1-10H2,(H2,16,18)(H2,17,19);2*1H;. The third-order valence-corrected chi connectivity index (χ3v) is 5.31. The Morgan fingerprint density at radius 1 is 0.682 bits per heavy atom. The van der Waals surface area contributed by atoms with Crippen molar-refractivity contribution in [1.29, 1.82) is 0 Å². The van der Waals surface area contributed by atoms with Crippen LogP contribution in [0.3, 0.4) is 0 Å². The normalized spacial score (nSPS) is 20.0. The van der Waals surface area contributed by atoms with Crippen LogP contribution in [-0.2, 0) is 31.3 Å². The van der Waals surface area contributed by atoms with E-state index in [1.807, 2.05) is 0 Å². The van der Waals surface area contributed by atoms with Crippen molar-refractivity contribution in [2.24, 2.45) is 28.7 Å². The fourth-order valence-electron chi connectivity index (χ4n) is 4.38. The first kappa shape index (κ1) is 24.5. The number of hydrogen-bond donors (Lipinski definition) is 2. The zero-order valence-electron chi connectivity index (χ0n) is 13.0. The van der Waals surface area contributed by atoms with Gasteiger partial charge in [0.1, 0.15) is 5.41 Å². The molecule has 0 bridgehead atoms. The van der Waals surface area contributed by atoms with Gasteiger partial charge in [-0.25, -0.2) is 0 Å². The molecule has 7 heteroatoms. The van der Waals surface area contributed by atoms with E-state index in [0.29, 0.717) is 0 Å². The van der Waals surface area contributed by atoms with Gasteiger partial charge in [0.2, 0.25) is 11.8 Å². The number of amides is 2. The first-order chi connectivity index (χ1) is 9.10. The SMILES string of the molecule is Cl.Cl.NC(=O)C(C(N)=O)(C1CCCCC1)C1CCCCC1.[Ti]. The van der Waals surface area contributed by atoms with Gasteiger partial charge in [0.05, 0.1) is 0 Å². The quantitative estimate of drug-likeness (QED) is 0.574. The Kier molecular flexibility index (Phi) is 12.1. The number of hydrogen-bond acceptors (Lipinski definition) is 2. The predicted molar refractivity (Wildman–Crippen MR) is 88.5 cm³/mol. The molecular formula is C15H28Cl2N2O2Ti. The van der Waals surface area contributed by atoms with Gasteiger partial charge in [-0.2, -0.15) is 0 Å². The summed E-state index contributed by atoms with van der Waals surface area (Å²) in [6.07, 6.45) is 10.4. The second kappa shape index (κ2) is 10.9. The minimum Gasteiger partial charge on any atom is -0.369 e. The number of halogens is 2. The number of nitrogens with two attached hydrogens (primary N) is 2. The third-order valence-electron chi connectivity index (χ3n) is 5.31. The Morgan fingerprint density at radius 2 is 0.955 bits per heavy atom. The smallest absolute Gasteiger partial charge is 0.233 e. The van der Waals surface area contributed by atoms with E-state index >= 15 is 0 Å². The van der Waals surface area contributed by atoms with Crippen LogP contribution in [0, 0.1) is 17.3 Å². The van der Waals surface area contributed by atoms with E-state index in [4.69, 9.17) is 11.5 Å². The molecule has 0 aromatic heterocycles. The van der Waals surface area contributed by atoms with Gasteiger partial charge in [-0.15, -0.1) is 24.8 Å². The van der Waals surface area contributed by atoms with Gasteiger partial charge in [-0.3, -0.25) is 9.59 Å². The van der Waals surface area contributed by atoms with Crippen molar-refractivity contribution >= 4 is 36.6 Å². The van der Waals surface area contributed by atoms with Gasteiger partial charge in [0.15, 0.2) is 0 Å². The maximum Gasteiger partial charge on any atom is 0.233 e. The molecule has 2 saturated carbocycles. The molecule has 0 spiro atoms. The van der Waals surface area contributed by atoms with Crippen molar-refractivity contribution in [3.05, 3.63) is 0 Å². The molecule has 22 heavy (non-hydrogen) atoms. The molecule has 4 nitrogen and oxygen atoms in total. The van der Waals surface area contributed by atoms with Crippen LogP contribution in [0.15, 0.2) is 0 Å². The molecule has 0 heterocycles. The number of carbonyl (C=O) groups excluding carboxylic acids is 2. The van der Waals surface area contributed by atoms with Crippen LogP contribution in [-0.4, -0.2) is 11.8 Å². The van der Waals surface area contributed by atoms with Crippen molar-refractivity contribution in [3.63, 3.8) is 0 Å². The first-order valence-electron chi connectivity index (χ1n) is 7.70. The molecule has 2 aliphatic carbocycles. The zero-order valence-corrected chi connectivity index (χ0v) is 16.2. The number of rotatable bonds is 4. The van der Waals surface area contributed by atoms with Gasteiger partial charge in [0, 0.05) is 21.7 Å². The average molecular weight is 387 g/mol. The van der Waals surface area contributed by atoms with E-state index in [9.17, 15) is 9.59 Å². The monoisotopic (exact) mass is 386 g/mol. The minimum atomic E-state index is -1.08. The zero-order chi connectivity index (χ0) is 13.9. The van der Waals surface area contributed by atoms with Crippen molar-refractivity contribution in [2.75, 3.05) is 0 Å². The van der Waals surface area contributed by atoms with Gasteiger partial charge in [0.25, 0.3) is 0 Å². The van der Waals surface area contributed by atoms with Crippen LogP contribution in [0.5, 0.6) is 0 Å². The van der Waals surface area contributed by atoms with E-state index in [1.54, 1.807) is 0 Å². The Morgan fingerprint density at radius 3 is 1.18 bits per heavy atom. The van der Waals surface area contributed by atoms with E-state index in [1.165, 1.54) is 12.8 Å². The number of primary amides is 2. The van der Waals surface area contributed by atoms with Crippen molar-refractivity contribution in [1.82, 2.24) is 0 Å². The topological polar surface area (TPSA) is 86.2 Å². The molecule has 0 atom stereocenters. The molecule has 0 aromatic rings. The Hall–Kier alpha value is 0.234. The van der Waals surface area contributed by atoms with Crippen LogP contribution < -0.4 is 11.5 Å². The minimum absolute atomic E-state index is 0. The molecular weight excluding hydrogens is 359 g/mol. The van der Waals surface area contributed by atoms with Crippen LogP contribution >= 0.6 is 24.8 Å². The summed E-state index contributed by atoms with van der Waals surface area (Å²) in [6, 6.07) is 0. The van der Waals surface area contributed by atoms with E-state index in [-0.39, 0.29) is 58.4 Å². The molecule has 0 aliphatic heterocycles. The Balaban J connectivity index is 0. The van der Waals surface area contributed by atoms with Crippen LogP contribution in [0.2, 0.25) is 0 Å². The van der Waals surface area contributed by atoms with Crippen molar-refractivity contribution < 1.29 is 31.3 Å². The molecule has 0 radical (unpaired) electrons. The van der Waals surface area contributed by atoms with E-state index in [0.717, 1.165) is 51.4 Å². The second-order valence-electron chi connectivity index (χ2n) is 6.27. The summed E-state index contributed by atoms with van der Waals surface area (Å²) in [5, 5.41) is 0. The molecule has 4 N–H and O–H groups in total. The van der Waals surface area contributed by atoms with Gasteiger partial charge in [-0.1, -0.05) is 38.5 Å². The summed E-state index contributed by atoms with van der Waals surface area (Å²) < 4.78 is 0. The van der Waals surface area contributed by atoms with E-state index in [2.05, 4.69) is 0 Å². The number of carbonyl (C=O) groups is 2. The van der Waals surface area contributed by atoms with E-state index < -0.39 is 17.2 Å². The summed E-state index contributed by atoms with van der Waals surface area (Å²) in [5.41, 5.74) is 10.3. The third kappa shape index (κ3) is 4.62. The maximum atomic E-state index is 12.2. The average Bonchev–Trinajstić information content (AvgIpc) is 2.41.